The lowest BCUT2D eigenvalue weighted by atomic mass is 9.75. The van der Waals surface area contributed by atoms with Crippen LogP contribution in [0.3, 0.4) is 0 Å². The van der Waals surface area contributed by atoms with E-state index in [0.717, 1.165) is 32.4 Å². The first-order valence-electron chi connectivity index (χ1n) is 8.05. The summed E-state index contributed by atoms with van der Waals surface area (Å²) in [5.41, 5.74) is 0.481. The van der Waals surface area contributed by atoms with Crippen LogP contribution >= 0.6 is 0 Å². The molecule has 0 aromatic rings. The quantitative estimate of drug-likeness (QED) is 0.821. The molecule has 1 saturated heterocycles. The van der Waals surface area contributed by atoms with Crippen molar-refractivity contribution in [2.75, 3.05) is 13.1 Å². The minimum Gasteiger partial charge on any atom is -0.353 e. The number of carbonyl (C=O) groups excluding carboxylic acids is 1. The van der Waals surface area contributed by atoms with E-state index in [4.69, 9.17) is 0 Å². The van der Waals surface area contributed by atoms with Crippen molar-refractivity contribution in [1.82, 2.24) is 10.6 Å². The largest absolute Gasteiger partial charge is 0.353 e. The summed E-state index contributed by atoms with van der Waals surface area (Å²) in [7, 11) is 0. The zero-order valence-electron chi connectivity index (χ0n) is 12.6. The highest BCUT2D eigenvalue weighted by atomic mass is 16.1. The zero-order chi connectivity index (χ0) is 13.7. The number of nitrogens with one attached hydrogen (secondary N) is 2. The fraction of sp³-hybridized carbons (Fsp3) is 0.938. The maximum atomic E-state index is 12.0. The van der Waals surface area contributed by atoms with E-state index in [1.807, 2.05) is 0 Å². The monoisotopic (exact) mass is 266 g/mol. The second-order valence-electron chi connectivity index (χ2n) is 7.26. The summed E-state index contributed by atoms with van der Waals surface area (Å²) in [5.74, 6) is 0.986. The second-order valence-corrected chi connectivity index (χ2v) is 7.26. The van der Waals surface area contributed by atoms with Crippen LogP contribution in [0.4, 0.5) is 0 Å². The Morgan fingerprint density at radius 2 is 2.00 bits per heavy atom. The van der Waals surface area contributed by atoms with E-state index < -0.39 is 0 Å². The number of amides is 1. The van der Waals surface area contributed by atoms with Gasteiger partial charge in [0.15, 0.2) is 0 Å². The van der Waals surface area contributed by atoms with Crippen LogP contribution in [0.15, 0.2) is 0 Å². The summed E-state index contributed by atoms with van der Waals surface area (Å²) in [5, 5.41) is 6.65. The second kappa shape index (κ2) is 6.74. The summed E-state index contributed by atoms with van der Waals surface area (Å²) in [4.78, 5) is 12.0. The number of piperidine rings is 1. The Bertz CT molecular complexity index is 285. The van der Waals surface area contributed by atoms with Gasteiger partial charge >= 0.3 is 0 Å². The molecule has 0 bridgehead atoms. The van der Waals surface area contributed by atoms with E-state index in [0.29, 0.717) is 23.8 Å². The summed E-state index contributed by atoms with van der Waals surface area (Å²) >= 11 is 0. The van der Waals surface area contributed by atoms with Crippen LogP contribution in [0.1, 0.15) is 65.2 Å². The van der Waals surface area contributed by atoms with Crippen molar-refractivity contribution >= 4 is 5.91 Å². The normalized spacial score (nSPS) is 28.0. The van der Waals surface area contributed by atoms with Crippen molar-refractivity contribution in [2.24, 2.45) is 11.3 Å². The van der Waals surface area contributed by atoms with E-state index in [1.165, 1.54) is 25.7 Å². The molecule has 3 heteroatoms. The molecule has 1 aliphatic heterocycles. The molecular formula is C16H30N2O. The van der Waals surface area contributed by atoms with Gasteiger partial charge in [-0.05, 0) is 69.4 Å². The van der Waals surface area contributed by atoms with Gasteiger partial charge in [0.1, 0.15) is 0 Å². The molecule has 1 heterocycles. The van der Waals surface area contributed by atoms with E-state index in [2.05, 4.69) is 24.5 Å². The van der Waals surface area contributed by atoms with Gasteiger partial charge in [-0.15, -0.1) is 0 Å². The van der Waals surface area contributed by atoms with Crippen molar-refractivity contribution in [2.45, 2.75) is 71.3 Å². The molecule has 2 aliphatic rings. The first kappa shape index (κ1) is 14.8. The average Bonchev–Trinajstić information content (AvgIpc) is 2.40. The topological polar surface area (TPSA) is 41.1 Å². The van der Waals surface area contributed by atoms with Gasteiger partial charge in [-0.3, -0.25) is 4.79 Å². The maximum absolute atomic E-state index is 12.0. The standard InChI is InChI=1S/C16H30N2O/c1-16(2)9-7-14(8-10-16)18-15(19)6-5-13-4-3-11-17-12-13/h13-14,17H,3-12H2,1-2H3,(H,18,19). The molecule has 0 spiro atoms. The minimum absolute atomic E-state index is 0.273. The van der Waals surface area contributed by atoms with Gasteiger partial charge in [0, 0.05) is 12.5 Å². The van der Waals surface area contributed by atoms with Gasteiger partial charge in [0.2, 0.25) is 5.91 Å². The predicted octanol–water partition coefficient (Wildman–Crippen LogP) is 2.85. The third-order valence-electron chi connectivity index (χ3n) is 4.88. The van der Waals surface area contributed by atoms with E-state index in [1.54, 1.807) is 0 Å². The Hall–Kier alpha value is -0.570. The van der Waals surface area contributed by atoms with Gasteiger partial charge in [-0.25, -0.2) is 0 Å². The van der Waals surface area contributed by atoms with Gasteiger partial charge in [0.05, 0.1) is 0 Å². The van der Waals surface area contributed by atoms with E-state index in [9.17, 15) is 4.79 Å². The summed E-state index contributed by atoms with van der Waals surface area (Å²) in [6.07, 6.45) is 9.12. The molecule has 2 N–H and O–H groups in total. The van der Waals surface area contributed by atoms with Gasteiger partial charge in [0.25, 0.3) is 0 Å². The van der Waals surface area contributed by atoms with Crippen LogP contribution in [0.25, 0.3) is 0 Å². The smallest absolute Gasteiger partial charge is 0.220 e. The number of hydrogen-bond donors (Lipinski definition) is 2. The van der Waals surface area contributed by atoms with Crippen molar-refractivity contribution in [3.63, 3.8) is 0 Å². The molecule has 3 nitrogen and oxygen atoms in total. The number of rotatable bonds is 4. The Kier molecular flexibility index (Phi) is 5.26. The Morgan fingerprint density at radius 3 is 2.63 bits per heavy atom. The molecule has 1 unspecified atom stereocenters. The molecule has 0 aromatic carbocycles. The van der Waals surface area contributed by atoms with Crippen LogP contribution in [0.5, 0.6) is 0 Å². The van der Waals surface area contributed by atoms with Crippen LogP contribution in [-0.2, 0) is 4.79 Å². The molecule has 1 amide bonds. The fourth-order valence-corrected chi connectivity index (χ4v) is 3.35. The molecule has 1 aliphatic carbocycles. The Morgan fingerprint density at radius 1 is 1.26 bits per heavy atom. The fourth-order valence-electron chi connectivity index (χ4n) is 3.35. The van der Waals surface area contributed by atoms with Gasteiger partial charge < -0.3 is 10.6 Å². The van der Waals surface area contributed by atoms with Crippen molar-refractivity contribution in [1.29, 1.82) is 0 Å². The number of hydrogen-bond acceptors (Lipinski definition) is 2. The molecule has 0 radical (unpaired) electrons. The van der Waals surface area contributed by atoms with Crippen molar-refractivity contribution < 1.29 is 4.79 Å². The van der Waals surface area contributed by atoms with Gasteiger partial charge in [-0.2, -0.15) is 0 Å². The lowest BCUT2D eigenvalue weighted by Crippen LogP contribution is -2.39. The molecule has 2 fully saturated rings. The van der Waals surface area contributed by atoms with Crippen LogP contribution < -0.4 is 10.6 Å². The molecule has 2 rings (SSSR count). The lowest BCUT2D eigenvalue weighted by Gasteiger charge is -2.34. The third-order valence-corrected chi connectivity index (χ3v) is 4.88. The molecule has 110 valence electrons. The first-order valence-corrected chi connectivity index (χ1v) is 8.05. The summed E-state index contributed by atoms with van der Waals surface area (Å²) < 4.78 is 0. The molecule has 1 saturated carbocycles. The summed E-state index contributed by atoms with van der Waals surface area (Å²) in [6, 6.07) is 0.435. The molecule has 0 aromatic heterocycles. The highest BCUT2D eigenvalue weighted by Crippen LogP contribution is 2.35. The molecule has 1 atom stereocenters. The highest BCUT2D eigenvalue weighted by Gasteiger charge is 2.27. The van der Waals surface area contributed by atoms with Crippen molar-refractivity contribution in [3.05, 3.63) is 0 Å². The van der Waals surface area contributed by atoms with Crippen LogP contribution in [-0.4, -0.2) is 25.0 Å². The zero-order valence-corrected chi connectivity index (χ0v) is 12.6. The van der Waals surface area contributed by atoms with E-state index in [-0.39, 0.29) is 5.91 Å². The number of carbonyl (C=O) groups is 1. The van der Waals surface area contributed by atoms with Crippen molar-refractivity contribution in [3.8, 4) is 0 Å². The average molecular weight is 266 g/mol. The van der Waals surface area contributed by atoms with Gasteiger partial charge in [-0.1, -0.05) is 13.8 Å². The maximum Gasteiger partial charge on any atom is 0.220 e. The van der Waals surface area contributed by atoms with Crippen LogP contribution in [0, 0.1) is 11.3 Å². The predicted molar refractivity (Wildman–Crippen MR) is 79.0 cm³/mol. The molecule has 19 heavy (non-hydrogen) atoms. The lowest BCUT2D eigenvalue weighted by molar-refractivity contribution is -0.122. The Balaban J connectivity index is 1.61. The third kappa shape index (κ3) is 5.13. The van der Waals surface area contributed by atoms with Crippen LogP contribution in [0.2, 0.25) is 0 Å². The SMILES string of the molecule is CC1(C)CCC(NC(=O)CCC2CCCNC2)CC1. The molecular weight excluding hydrogens is 236 g/mol. The highest BCUT2D eigenvalue weighted by molar-refractivity contribution is 5.76. The van der Waals surface area contributed by atoms with E-state index >= 15 is 0 Å². The first-order chi connectivity index (χ1) is 9.05. The summed E-state index contributed by atoms with van der Waals surface area (Å²) in [6.45, 7) is 6.92. The Labute approximate surface area is 117 Å². The minimum atomic E-state index is 0.273.